The Bertz CT molecular complexity index is 249. The third-order valence-corrected chi connectivity index (χ3v) is 1.13. The van der Waals surface area contributed by atoms with Crippen LogP contribution in [0.5, 0.6) is 0 Å². The predicted octanol–water partition coefficient (Wildman–Crippen LogP) is 2.34. The van der Waals surface area contributed by atoms with Gasteiger partial charge in [-0.15, -0.1) is 6.42 Å². The molecule has 0 N–H and O–H groups in total. The van der Waals surface area contributed by atoms with Crippen molar-refractivity contribution < 1.29 is 0 Å². The van der Waals surface area contributed by atoms with Gasteiger partial charge in [0, 0.05) is 6.21 Å². The van der Waals surface area contributed by atoms with Gasteiger partial charge in [0.2, 0.25) is 0 Å². The fourth-order valence-electron chi connectivity index (χ4n) is 0.477. The van der Waals surface area contributed by atoms with Crippen LogP contribution < -0.4 is 0 Å². The average molecular weight is 145 g/mol. The number of nitrogens with zero attached hydrogens (tertiary/aromatic N) is 1. The third-order valence-electron chi connectivity index (χ3n) is 1.13. The van der Waals surface area contributed by atoms with Crippen LogP contribution in [0.1, 0.15) is 6.92 Å². The molecule has 0 saturated carbocycles. The number of rotatable bonds is 3. The zero-order chi connectivity index (χ0) is 8.69. The largest absolute Gasteiger partial charge is 0.248 e. The second kappa shape index (κ2) is 5.25. The van der Waals surface area contributed by atoms with E-state index in [1.54, 1.807) is 18.4 Å². The Kier molecular flexibility index (Phi) is 4.51. The van der Waals surface area contributed by atoms with Gasteiger partial charge >= 0.3 is 0 Å². The Morgan fingerprint density at radius 3 is 2.55 bits per heavy atom. The Morgan fingerprint density at radius 2 is 2.18 bits per heavy atom. The third kappa shape index (κ3) is 3.22. The molecule has 0 aromatic rings. The highest BCUT2D eigenvalue weighted by Crippen LogP contribution is 2.03. The molecule has 0 heterocycles. The van der Waals surface area contributed by atoms with Crippen LogP contribution >= 0.6 is 0 Å². The number of allylic oxidation sites excluding steroid dienone is 4. The van der Waals surface area contributed by atoms with E-state index in [1.165, 1.54) is 0 Å². The van der Waals surface area contributed by atoms with E-state index in [4.69, 9.17) is 6.42 Å². The van der Waals surface area contributed by atoms with Crippen LogP contribution in [-0.4, -0.2) is 6.21 Å². The standard InChI is InChI=1S/C10H11N/c1-5-8-11-10(7-3)9(4)6-2/h3,5-6,8H,1-2H2,4H3/b10-9-,11-8?. The number of hydrogen-bond acceptors (Lipinski definition) is 1. The average Bonchev–Trinajstić information content (AvgIpc) is 2.05. The number of hydrogen-bond donors (Lipinski definition) is 0. The molecule has 0 atom stereocenters. The van der Waals surface area contributed by atoms with Crippen LogP contribution in [0.4, 0.5) is 0 Å². The lowest BCUT2D eigenvalue weighted by Gasteiger charge is -1.92. The molecule has 1 heteroatoms. The van der Waals surface area contributed by atoms with Crippen molar-refractivity contribution in [2.75, 3.05) is 0 Å². The first kappa shape index (κ1) is 9.45. The summed E-state index contributed by atoms with van der Waals surface area (Å²) in [6, 6.07) is 0. The molecular weight excluding hydrogens is 134 g/mol. The van der Waals surface area contributed by atoms with E-state index in [1.807, 2.05) is 6.92 Å². The van der Waals surface area contributed by atoms with Gasteiger partial charge in [0.15, 0.2) is 0 Å². The van der Waals surface area contributed by atoms with Crippen molar-refractivity contribution in [2.24, 2.45) is 4.99 Å². The summed E-state index contributed by atoms with van der Waals surface area (Å²) >= 11 is 0. The van der Waals surface area contributed by atoms with Crippen LogP contribution in [0.25, 0.3) is 0 Å². The van der Waals surface area contributed by atoms with E-state index in [0.717, 1.165) is 5.57 Å². The zero-order valence-electron chi connectivity index (χ0n) is 6.67. The van der Waals surface area contributed by atoms with Gasteiger partial charge < -0.3 is 0 Å². The normalized spacial score (nSPS) is 12.0. The molecule has 0 aliphatic carbocycles. The lowest BCUT2D eigenvalue weighted by molar-refractivity contribution is 1.35. The van der Waals surface area contributed by atoms with Crippen molar-refractivity contribution in [3.05, 3.63) is 36.6 Å². The van der Waals surface area contributed by atoms with E-state index >= 15 is 0 Å². The van der Waals surface area contributed by atoms with Gasteiger partial charge in [-0.3, -0.25) is 0 Å². The first-order chi connectivity index (χ1) is 5.26. The smallest absolute Gasteiger partial charge is 0.115 e. The maximum atomic E-state index is 5.19. The van der Waals surface area contributed by atoms with Gasteiger partial charge in [-0.2, -0.15) is 0 Å². The molecule has 0 aliphatic rings. The molecule has 0 aromatic carbocycles. The molecule has 11 heavy (non-hydrogen) atoms. The minimum atomic E-state index is 0.597. The topological polar surface area (TPSA) is 12.4 Å². The zero-order valence-corrected chi connectivity index (χ0v) is 6.67. The molecule has 0 fully saturated rings. The number of aliphatic imine (C=N–C) groups is 1. The second-order valence-electron chi connectivity index (χ2n) is 1.89. The van der Waals surface area contributed by atoms with Crippen molar-refractivity contribution >= 4 is 6.21 Å². The van der Waals surface area contributed by atoms with Crippen LogP contribution in [0.2, 0.25) is 0 Å². The van der Waals surface area contributed by atoms with Crippen LogP contribution in [0, 0.1) is 12.3 Å². The lowest BCUT2D eigenvalue weighted by atomic mass is 10.2. The second-order valence-corrected chi connectivity index (χ2v) is 1.89. The van der Waals surface area contributed by atoms with Crippen molar-refractivity contribution in [3.8, 4) is 12.3 Å². The highest BCUT2D eigenvalue weighted by Gasteiger charge is 1.89. The van der Waals surface area contributed by atoms with Crippen LogP contribution in [0.15, 0.2) is 41.6 Å². The first-order valence-electron chi connectivity index (χ1n) is 3.21. The summed E-state index contributed by atoms with van der Waals surface area (Å²) in [6.45, 7) is 8.93. The fraction of sp³-hybridized carbons (Fsp3) is 0.100. The molecule has 0 radical (unpaired) electrons. The minimum Gasteiger partial charge on any atom is -0.248 e. The summed E-state index contributed by atoms with van der Waals surface area (Å²) in [5.41, 5.74) is 1.49. The molecule has 0 rings (SSSR count). The highest BCUT2D eigenvalue weighted by molar-refractivity contribution is 5.72. The van der Waals surface area contributed by atoms with Gasteiger partial charge in [0.25, 0.3) is 0 Å². The molecule has 1 nitrogen and oxygen atoms in total. The first-order valence-corrected chi connectivity index (χ1v) is 3.21. The molecular formula is C10H11N. The van der Waals surface area contributed by atoms with Gasteiger partial charge in [-0.1, -0.05) is 25.3 Å². The highest BCUT2D eigenvalue weighted by atomic mass is 14.7. The van der Waals surface area contributed by atoms with E-state index < -0.39 is 0 Å². The lowest BCUT2D eigenvalue weighted by Crippen LogP contribution is -1.78. The Balaban J connectivity index is 4.69. The van der Waals surface area contributed by atoms with Crippen LogP contribution in [0.3, 0.4) is 0 Å². The Hall–Kier alpha value is -1.55. The van der Waals surface area contributed by atoms with Crippen LogP contribution in [-0.2, 0) is 0 Å². The van der Waals surface area contributed by atoms with E-state index in [-0.39, 0.29) is 0 Å². The molecule has 0 bridgehead atoms. The van der Waals surface area contributed by atoms with Crippen molar-refractivity contribution in [1.82, 2.24) is 0 Å². The quantitative estimate of drug-likeness (QED) is 0.328. The molecule has 0 spiro atoms. The SMILES string of the molecule is C#C/C(N=CC=C)=C(\C)C=C. The van der Waals surface area contributed by atoms with Gasteiger partial charge in [0.05, 0.1) is 0 Å². The van der Waals surface area contributed by atoms with Crippen molar-refractivity contribution in [1.29, 1.82) is 0 Å². The van der Waals surface area contributed by atoms with Crippen molar-refractivity contribution in [3.63, 3.8) is 0 Å². The van der Waals surface area contributed by atoms with Crippen molar-refractivity contribution in [2.45, 2.75) is 6.92 Å². The fourth-order valence-corrected chi connectivity index (χ4v) is 0.477. The molecule has 0 aliphatic heterocycles. The summed E-state index contributed by atoms with van der Waals surface area (Å²) in [7, 11) is 0. The molecule has 0 unspecified atom stereocenters. The summed E-state index contributed by atoms with van der Waals surface area (Å²) in [4.78, 5) is 3.96. The van der Waals surface area contributed by atoms with Gasteiger partial charge in [-0.25, -0.2) is 4.99 Å². The monoisotopic (exact) mass is 145 g/mol. The van der Waals surface area contributed by atoms with E-state index in [0.29, 0.717) is 5.70 Å². The van der Waals surface area contributed by atoms with Gasteiger partial charge in [0.1, 0.15) is 5.70 Å². The molecule has 0 amide bonds. The summed E-state index contributed by atoms with van der Waals surface area (Å²) in [6.07, 6.45) is 10.00. The van der Waals surface area contributed by atoms with Gasteiger partial charge in [-0.05, 0) is 18.4 Å². The minimum absolute atomic E-state index is 0.597. The Labute approximate surface area is 67.8 Å². The summed E-state index contributed by atoms with van der Waals surface area (Å²) in [5.74, 6) is 2.45. The molecule has 0 aromatic heterocycles. The summed E-state index contributed by atoms with van der Waals surface area (Å²) in [5, 5.41) is 0. The molecule has 56 valence electrons. The predicted molar refractivity (Wildman–Crippen MR) is 50.4 cm³/mol. The number of terminal acetylenes is 1. The van der Waals surface area contributed by atoms with E-state index in [2.05, 4.69) is 24.1 Å². The maximum Gasteiger partial charge on any atom is 0.115 e. The Morgan fingerprint density at radius 1 is 1.55 bits per heavy atom. The maximum absolute atomic E-state index is 5.19. The summed E-state index contributed by atoms with van der Waals surface area (Å²) < 4.78 is 0. The molecule has 0 saturated heterocycles. The van der Waals surface area contributed by atoms with E-state index in [9.17, 15) is 0 Å².